The second kappa shape index (κ2) is 2.69. The molecule has 10 heavy (non-hydrogen) atoms. The van der Waals surface area contributed by atoms with E-state index in [1.165, 1.54) is 13.2 Å². The molecule has 0 bridgehead atoms. The Balaban J connectivity index is 3.07. The summed E-state index contributed by atoms with van der Waals surface area (Å²) in [6.45, 7) is 0. The summed E-state index contributed by atoms with van der Waals surface area (Å²) in [5.74, 6) is 0.139. The van der Waals surface area contributed by atoms with Gasteiger partial charge in [0, 0.05) is 0 Å². The van der Waals surface area contributed by atoms with Crippen LogP contribution in [-0.2, 0) is 0 Å². The first kappa shape index (κ1) is 7.06. The predicted octanol–water partition coefficient (Wildman–Crippen LogP) is -0.512. The van der Waals surface area contributed by atoms with Crippen LogP contribution in [0.5, 0.6) is 5.88 Å². The van der Waals surface area contributed by atoms with Crippen molar-refractivity contribution in [1.82, 2.24) is 4.98 Å². The molecule has 0 N–H and O–H groups in total. The van der Waals surface area contributed by atoms with Crippen LogP contribution in [0.25, 0.3) is 0 Å². The van der Waals surface area contributed by atoms with Crippen molar-refractivity contribution in [3.05, 3.63) is 18.1 Å². The Morgan fingerprint density at radius 1 is 1.70 bits per heavy atom. The molecule has 2 nitrogen and oxygen atoms in total. The molecule has 0 saturated heterocycles. The molecule has 0 atom stereocenters. The molecule has 1 heterocycles. The topological polar surface area (TPSA) is 22.1 Å². The third-order valence-corrected chi connectivity index (χ3v) is 1.19. The van der Waals surface area contributed by atoms with E-state index in [9.17, 15) is 4.39 Å². The zero-order chi connectivity index (χ0) is 7.56. The van der Waals surface area contributed by atoms with Crippen molar-refractivity contribution in [2.75, 3.05) is 7.11 Å². The standard InChI is InChI=1S/C6H7BFNO/c1-10-6-5(7)2-4(8)3-9-6/h2-3H,7H2,1H3. The molecule has 0 aliphatic rings. The highest BCUT2D eigenvalue weighted by Gasteiger charge is 1.98. The predicted molar refractivity (Wildman–Crippen MR) is 38.9 cm³/mol. The van der Waals surface area contributed by atoms with E-state index in [0.717, 1.165) is 6.20 Å². The molecule has 0 aromatic carbocycles. The third-order valence-electron chi connectivity index (χ3n) is 1.19. The number of halogens is 1. The molecule has 1 rings (SSSR count). The maximum absolute atomic E-state index is 12.4. The second-order valence-corrected chi connectivity index (χ2v) is 1.98. The lowest BCUT2D eigenvalue weighted by Crippen LogP contribution is -2.09. The van der Waals surface area contributed by atoms with E-state index >= 15 is 0 Å². The van der Waals surface area contributed by atoms with E-state index in [-0.39, 0.29) is 5.82 Å². The van der Waals surface area contributed by atoms with Crippen LogP contribution in [0.3, 0.4) is 0 Å². The molecule has 0 radical (unpaired) electrons. The summed E-state index contributed by atoms with van der Waals surface area (Å²) in [5, 5.41) is 0. The van der Waals surface area contributed by atoms with Crippen LogP contribution >= 0.6 is 0 Å². The number of nitrogens with zero attached hydrogens (tertiary/aromatic N) is 1. The Kier molecular flexibility index (Phi) is 1.90. The first-order valence-corrected chi connectivity index (χ1v) is 2.90. The maximum Gasteiger partial charge on any atom is 0.206 e. The Morgan fingerprint density at radius 3 is 2.90 bits per heavy atom. The molecule has 0 saturated carbocycles. The Hall–Kier alpha value is -1.06. The molecule has 1 aromatic heterocycles. The number of rotatable bonds is 1. The van der Waals surface area contributed by atoms with E-state index < -0.39 is 0 Å². The largest absolute Gasteiger partial charge is 0.481 e. The van der Waals surface area contributed by atoms with Crippen LogP contribution in [0.1, 0.15) is 0 Å². The van der Waals surface area contributed by atoms with Crippen LogP contribution < -0.4 is 10.2 Å². The van der Waals surface area contributed by atoms with Gasteiger partial charge in [-0.15, -0.1) is 0 Å². The first-order chi connectivity index (χ1) is 4.74. The van der Waals surface area contributed by atoms with E-state index in [4.69, 9.17) is 4.74 Å². The molecule has 0 fully saturated rings. The minimum absolute atomic E-state index is 0.335. The minimum Gasteiger partial charge on any atom is -0.481 e. The van der Waals surface area contributed by atoms with Gasteiger partial charge in [-0.2, -0.15) is 0 Å². The highest BCUT2D eigenvalue weighted by molar-refractivity contribution is 6.33. The monoisotopic (exact) mass is 139 g/mol. The van der Waals surface area contributed by atoms with Crippen molar-refractivity contribution in [2.45, 2.75) is 0 Å². The highest BCUT2D eigenvalue weighted by Crippen LogP contribution is 2.00. The smallest absolute Gasteiger partial charge is 0.206 e. The number of hydrogen-bond acceptors (Lipinski definition) is 2. The summed E-state index contributed by atoms with van der Waals surface area (Å²) in [4.78, 5) is 3.70. The summed E-state index contributed by atoms with van der Waals surface area (Å²) in [6, 6.07) is 1.38. The fourth-order valence-electron chi connectivity index (χ4n) is 0.742. The van der Waals surface area contributed by atoms with E-state index in [1.807, 2.05) is 0 Å². The van der Waals surface area contributed by atoms with Crippen LogP contribution in [0.15, 0.2) is 12.3 Å². The summed E-state index contributed by atoms with van der Waals surface area (Å²) in [7, 11) is 3.25. The average molecular weight is 139 g/mol. The van der Waals surface area contributed by atoms with Gasteiger partial charge in [0.2, 0.25) is 5.88 Å². The van der Waals surface area contributed by atoms with Crippen molar-refractivity contribution in [3.8, 4) is 5.88 Å². The van der Waals surface area contributed by atoms with Gasteiger partial charge in [0.25, 0.3) is 0 Å². The lowest BCUT2D eigenvalue weighted by Gasteiger charge is -2.00. The highest BCUT2D eigenvalue weighted by atomic mass is 19.1. The van der Waals surface area contributed by atoms with Gasteiger partial charge in [-0.3, -0.25) is 0 Å². The van der Waals surface area contributed by atoms with Gasteiger partial charge in [-0.05, 0) is 11.5 Å². The summed E-state index contributed by atoms with van der Waals surface area (Å²) in [5.41, 5.74) is 0.711. The number of hydrogen-bond donors (Lipinski definition) is 0. The van der Waals surface area contributed by atoms with Gasteiger partial charge in [0.05, 0.1) is 13.3 Å². The first-order valence-electron chi connectivity index (χ1n) is 2.90. The molecule has 1 aromatic rings. The van der Waals surface area contributed by atoms with Crippen molar-refractivity contribution in [1.29, 1.82) is 0 Å². The van der Waals surface area contributed by atoms with E-state index in [2.05, 4.69) is 4.98 Å². The molecule has 0 spiro atoms. The lowest BCUT2D eigenvalue weighted by atomic mass is 9.98. The number of pyridine rings is 1. The maximum atomic E-state index is 12.4. The molecular weight excluding hydrogens is 132 g/mol. The summed E-state index contributed by atoms with van der Waals surface area (Å²) in [6.07, 6.45) is 1.13. The lowest BCUT2D eigenvalue weighted by molar-refractivity contribution is 0.400. The summed E-state index contributed by atoms with van der Waals surface area (Å²) < 4.78 is 17.2. The van der Waals surface area contributed by atoms with Gasteiger partial charge in [-0.25, -0.2) is 9.37 Å². The van der Waals surface area contributed by atoms with E-state index in [1.54, 1.807) is 7.85 Å². The number of aromatic nitrogens is 1. The number of ether oxygens (including phenoxy) is 1. The van der Waals surface area contributed by atoms with Gasteiger partial charge in [0.15, 0.2) is 0 Å². The molecule has 0 aliphatic carbocycles. The Labute approximate surface area is 59.4 Å². The van der Waals surface area contributed by atoms with Crippen LogP contribution in [0.4, 0.5) is 4.39 Å². The van der Waals surface area contributed by atoms with Gasteiger partial charge in [0.1, 0.15) is 13.7 Å². The molecule has 4 heteroatoms. The molecule has 0 amide bonds. The van der Waals surface area contributed by atoms with Crippen molar-refractivity contribution < 1.29 is 9.13 Å². The van der Waals surface area contributed by atoms with Crippen molar-refractivity contribution in [2.24, 2.45) is 0 Å². The van der Waals surface area contributed by atoms with Crippen LogP contribution in [-0.4, -0.2) is 19.9 Å². The SMILES string of the molecule is Bc1cc(F)cnc1OC. The number of methoxy groups -OCH3 is 1. The molecular formula is C6H7BFNO. The van der Waals surface area contributed by atoms with E-state index in [0.29, 0.717) is 11.3 Å². The fourth-order valence-corrected chi connectivity index (χ4v) is 0.742. The second-order valence-electron chi connectivity index (χ2n) is 1.98. The zero-order valence-corrected chi connectivity index (χ0v) is 5.89. The molecule has 0 unspecified atom stereocenters. The fraction of sp³-hybridized carbons (Fsp3) is 0.167. The third kappa shape index (κ3) is 1.26. The summed E-state index contributed by atoms with van der Waals surface area (Å²) >= 11 is 0. The van der Waals surface area contributed by atoms with Crippen LogP contribution in [0.2, 0.25) is 0 Å². The zero-order valence-electron chi connectivity index (χ0n) is 5.89. The Morgan fingerprint density at radius 2 is 2.40 bits per heavy atom. The minimum atomic E-state index is -0.335. The van der Waals surface area contributed by atoms with Crippen LogP contribution in [0, 0.1) is 5.82 Å². The Bertz CT molecular complexity index is 241. The molecule has 0 aliphatic heterocycles. The van der Waals surface area contributed by atoms with Crippen molar-refractivity contribution >= 4 is 13.3 Å². The van der Waals surface area contributed by atoms with Gasteiger partial charge >= 0.3 is 0 Å². The average Bonchev–Trinajstić information content (AvgIpc) is 1.88. The molecule has 52 valence electrons. The quantitative estimate of drug-likeness (QED) is 0.488. The van der Waals surface area contributed by atoms with Gasteiger partial charge < -0.3 is 4.74 Å². The normalized spacial score (nSPS) is 9.40. The van der Waals surface area contributed by atoms with Crippen molar-refractivity contribution in [3.63, 3.8) is 0 Å². The van der Waals surface area contributed by atoms with Gasteiger partial charge in [-0.1, -0.05) is 0 Å².